The molecule has 0 aromatic rings. The smallest absolute Gasteiger partial charge is 0.326 e. The molecule has 4 nitrogen and oxygen atoms in total. The Labute approximate surface area is 72.2 Å². The minimum atomic E-state index is -0.382. The van der Waals surface area contributed by atoms with Gasteiger partial charge in [-0.15, -0.1) is 0 Å². The predicted octanol–water partition coefficient (Wildman–Crippen LogP) is -0.0720. The second-order valence-corrected chi connectivity index (χ2v) is 2.99. The van der Waals surface area contributed by atoms with Crippen molar-refractivity contribution in [1.82, 2.24) is 5.32 Å². The Bertz CT molecular complexity index is 166. The zero-order chi connectivity index (χ0) is 9.03. The standard InChI is InChI=1S/C8H15NO3/c1-11-6-5-9-8(3-4-8)7(10)12-2/h9H,3-6H2,1-2H3. The summed E-state index contributed by atoms with van der Waals surface area (Å²) in [6, 6.07) is 0. The maximum atomic E-state index is 11.2. The van der Waals surface area contributed by atoms with E-state index in [0.29, 0.717) is 13.2 Å². The van der Waals surface area contributed by atoms with Crippen LogP contribution in [-0.4, -0.2) is 38.9 Å². The maximum absolute atomic E-state index is 11.2. The third kappa shape index (κ3) is 1.95. The van der Waals surface area contributed by atoms with Gasteiger partial charge in [0.05, 0.1) is 13.7 Å². The molecule has 70 valence electrons. The Morgan fingerprint density at radius 1 is 1.50 bits per heavy atom. The van der Waals surface area contributed by atoms with Crippen LogP contribution in [0.3, 0.4) is 0 Å². The van der Waals surface area contributed by atoms with Crippen molar-refractivity contribution < 1.29 is 14.3 Å². The van der Waals surface area contributed by atoms with Gasteiger partial charge in [0.1, 0.15) is 5.54 Å². The lowest BCUT2D eigenvalue weighted by Gasteiger charge is -2.13. The minimum absolute atomic E-state index is 0.154. The predicted molar refractivity (Wildman–Crippen MR) is 43.9 cm³/mol. The third-order valence-electron chi connectivity index (χ3n) is 2.10. The summed E-state index contributed by atoms with van der Waals surface area (Å²) in [5.41, 5.74) is -0.382. The molecule has 1 aliphatic rings. The lowest BCUT2D eigenvalue weighted by atomic mass is 10.3. The minimum Gasteiger partial charge on any atom is -0.468 e. The molecule has 0 unspecified atom stereocenters. The molecule has 0 amide bonds. The normalized spacial score (nSPS) is 18.8. The highest BCUT2D eigenvalue weighted by molar-refractivity contribution is 5.84. The van der Waals surface area contributed by atoms with Crippen LogP contribution in [0, 0.1) is 0 Å². The first-order valence-corrected chi connectivity index (χ1v) is 4.07. The van der Waals surface area contributed by atoms with Crippen molar-refractivity contribution in [3.05, 3.63) is 0 Å². The van der Waals surface area contributed by atoms with Gasteiger partial charge in [-0.25, -0.2) is 0 Å². The highest BCUT2D eigenvalue weighted by Crippen LogP contribution is 2.36. The molecular formula is C8H15NO3. The van der Waals surface area contributed by atoms with Crippen LogP contribution < -0.4 is 5.32 Å². The van der Waals surface area contributed by atoms with Crippen LogP contribution in [0.4, 0.5) is 0 Å². The molecule has 12 heavy (non-hydrogen) atoms. The molecule has 1 aliphatic carbocycles. The molecule has 0 aromatic heterocycles. The molecule has 0 radical (unpaired) electrons. The first-order chi connectivity index (χ1) is 5.75. The van der Waals surface area contributed by atoms with Crippen molar-refractivity contribution >= 4 is 5.97 Å². The molecule has 1 N–H and O–H groups in total. The number of methoxy groups -OCH3 is 2. The summed E-state index contributed by atoms with van der Waals surface area (Å²) < 4.78 is 9.53. The highest BCUT2D eigenvalue weighted by Gasteiger charge is 2.50. The molecule has 0 atom stereocenters. The average molecular weight is 173 g/mol. The fraction of sp³-hybridized carbons (Fsp3) is 0.875. The zero-order valence-electron chi connectivity index (χ0n) is 7.55. The highest BCUT2D eigenvalue weighted by atomic mass is 16.5. The van der Waals surface area contributed by atoms with Gasteiger partial charge in [0, 0.05) is 13.7 Å². The summed E-state index contributed by atoms with van der Waals surface area (Å²) in [5, 5.41) is 3.12. The maximum Gasteiger partial charge on any atom is 0.326 e. The quantitative estimate of drug-likeness (QED) is 0.467. The Hall–Kier alpha value is -0.610. The number of carbonyl (C=O) groups excluding carboxylic acids is 1. The van der Waals surface area contributed by atoms with Crippen molar-refractivity contribution in [2.75, 3.05) is 27.4 Å². The van der Waals surface area contributed by atoms with Gasteiger partial charge in [0.25, 0.3) is 0 Å². The Kier molecular flexibility index (Phi) is 3.05. The summed E-state index contributed by atoms with van der Waals surface area (Å²) in [5.74, 6) is -0.154. The zero-order valence-corrected chi connectivity index (χ0v) is 7.55. The number of hydrogen-bond acceptors (Lipinski definition) is 4. The second kappa shape index (κ2) is 3.87. The van der Waals surface area contributed by atoms with E-state index in [-0.39, 0.29) is 11.5 Å². The van der Waals surface area contributed by atoms with Crippen LogP contribution in [0.1, 0.15) is 12.8 Å². The molecule has 0 saturated heterocycles. The molecule has 0 bridgehead atoms. The molecule has 0 aromatic carbocycles. The number of rotatable bonds is 5. The SMILES string of the molecule is COCCNC1(C(=O)OC)CC1. The Balaban J connectivity index is 2.25. The van der Waals surface area contributed by atoms with E-state index >= 15 is 0 Å². The first-order valence-electron chi connectivity index (χ1n) is 4.07. The van der Waals surface area contributed by atoms with Crippen LogP contribution >= 0.6 is 0 Å². The van der Waals surface area contributed by atoms with E-state index in [9.17, 15) is 4.79 Å². The molecule has 1 rings (SSSR count). The van der Waals surface area contributed by atoms with Crippen LogP contribution in [0.25, 0.3) is 0 Å². The van der Waals surface area contributed by atoms with E-state index in [0.717, 1.165) is 12.8 Å². The summed E-state index contributed by atoms with van der Waals surface area (Å²) >= 11 is 0. The number of carbonyl (C=O) groups is 1. The van der Waals surface area contributed by atoms with E-state index in [1.165, 1.54) is 7.11 Å². The first kappa shape index (κ1) is 9.48. The third-order valence-corrected chi connectivity index (χ3v) is 2.10. The Morgan fingerprint density at radius 2 is 2.17 bits per heavy atom. The van der Waals surface area contributed by atoms with Gasteiger partial charge in [0.2, 0.25) is 0 Å². The van der Waals surface area contributed by atoms with Crippen molar-refractivity contribution in [3.63, 3.8) is 0 Å². The number of esters is 1. The molecule has 1 fully saturated rings. The molecule has 0 heterocycles. The van der Waals surface area contributed by atoms with E-state index in [1.54, 1.807) is 7.11 Å². The topological polar surface area (TPSA) is 47.6 Å². The van der Waals surface area contributed by atoms with Gasteiger partial charge in [-0.3, -0.25) is 10.1 Å². The van der Waals surface area contributed by atoms with E-state index < -0.39 is 0 Å². The summed E-state index contributed by atoms with van der Waals surface area (Å²) in [4.78, 5) is 11.2. The molecule has 1 saturated carbocycles. The van der Waals surface area contributed by atoms with E-state index in [4.69, 9.17) is 4.74 Å². The van der Waals surface area contributed by atoms with Gasteiger partial charge in [-0.05, 0) is 12.8 Å². The number of hydrogen-bond donors (Lipinski definition) is 1. The molecule has 0 aliphatic heterocycles. The fourth-order valence-electron chi connectivity index (χ4n) is 1.17. The Morgan fingerprint density at radius 3 is 2.58 bits per heavy atom. The molecule has 4 heteroatoms. The van der Waals surface area contributed by atoms with Crippen molar-refractivity contribution in [2.24, 2.45) is 0 Å². The summed E-state index contributed by atoms with van der Waals surface area (Å²) in [6.07, 6.45) is 1.76. The lowest BCUT2D eigenvalue weighted by Crippen LogP contribution is -2.41. The van der Waals surface area contributed by atoms with Crippen LogP contribution in [0.5, 0.6) is 0 Å². The average Bonchev–Trinajstić information content (AvgIpc) is 2.85. The van der Waals surface area contributed by atoms with Crippen molar-refractivity contribution in [2.45, 2.75) is 18.4 Å². The van der Waals surface area contributed by atoms with Gasteiger partial charge in [-0.2, -0.15) is 0 Å². The summed E-state index contributed by atoms with van der Waals surface area (Å²) in [6.45, 7) is 1.32. The van der Waals surface area contributed by atoms with Crippen molar-refractivity contribution in [3.8, 4) is 0 Å². The molecule has 0 spiro atoms. The van der Waals surface area contributed by atoms with E-state index in [2.05, 4.69) is 10.1 Å². The lowest BCUT2D eigenvalue weighted by molar-refractivity contribution is -0.144. The van der Waals surface area contributed by atoms with Crippen LogP contribution in [0.2, 0.25) is 0 Å². The second-order valence-electron chi connectivity index (χ2n) is 2.99. The van der Waals surface area contributed by atoms with Crippen LogP contribution in [0.15, 0.2) is 0 Å². The summed E-state index contributed by atoms with van der Waals surface area (Å²) in [7, 11) is 3.06. The van der Waals surface area contributed by atoms with Gasteiger partial charge < -0.3 is 9.47 Å². The number of nitrogens with one attached hydrogen (secondary N) is 1. The van der Waals surface area contributed by atoms with Crippen molar-refractivity contribution in [1.29, 1.82) is 0 Å². The van der Waals surface area contributed by atoms with Gasteiger partial charge in [0.15, 0.2) is 0 Å². The van der Waals surface area contributed by atoms with Crippen LogP contribution in [-0.2, 0) is 14.3 Å². The number of ether oxygens (including phenoxy) is 2. The van der Waals surface area contributed by atoms with Gasteiger partial charge >= 0.3 is 5.97 Å². The van der Waals surface area contributed by atoms with Gasteiger partial charge in [-0.1, -0.05) is 0 Å². The monoisotopic (exact) mass is 173 g/mol. The van der Waals surface area contributed by atoms with E-state index in [1.807, 2.05) is 0 Å². The largest absolute Gasteiger partial charge is 0.468 e. The molecular weight excluding hydrogens is 158 g/mol. The fourth-order valence-corrected chi connectivity index (χ4v) is 1.17.